The summed E-state index contributed by atoms with van der Waals surface area (Å²) >= 11 is 5.91. The highest BCUT2D eigenvalue weighted by Crippen LogP contribution is 2.42. The molecular formula is C13H19Cl. The average molecular weight is 211 g/mol. The van der Waals surface area contributed by atoms with Gasteiger partial charge in [-0.1, -0.05) is 32.0 Å². The third-order valence-corrected chi connectivity index (χ3v) is 2.86. The molecule has 0 spiro atoms. The second kappa shape index (κ2) is 5.41. The first-order valence-corrected chi connectivity index (χ1v) is 6.00. The van der Waals surface area contributed by atoms with Crippen molar-refractivity contribution in [2.75, 3.05) is 0 Å². The third kappa shape index (κ3) is 2.51. The lowest BCUT2D eigenvalue weighted by Crippen LogP contribution is -1.92. The summed E-state index contributed by atoms with van der Waals surface area (Å²) in [5.74, 6) is 1.48. The van der Waals surface area contributed by atoms with E-state index in [-0.39, 0.29) is 0 Å². The summed E-state index contributed by atoms with van der Waals surface area (Å²) in [6, 6.07) is 6.50. The van der Waals surface area contributed by atoms with Crippen molar-refractivity contribution in [3.05, 3.63) is 34.9 Å². The largest absolute Gasteiger partial charge is 0.122 e. The van der Waals surface area contributed by atoms with Crippen LogP contribution in [0.25, 0.3) is 0 Å². The molecule has 14 heavy (non-hydrogen) atoms. The maximum atomic E-state index is 5.91. The molecule has 0 bridgehead atoms. The Morgan fingerprint density at radius 2 is 1.93 bits per heavy atom. The number of alkyl halides is 1. The minimum atomic E-state index is 0.665. The summed E-state index contributed by atoms with van der Waals surface area (Å²) in [5, 5.41) is 0. The molecule has 1 aromatic rings. The average Bonchev–Trinajstić information content (AvgIpc) is 3.04. The summed E-state index contributed by atoms with van der Waals surface area (Å²) in [4.78, 5) is 0. The molecule has 1 aromatic carbocycles. The lowest BCUT2D eigenvalue weighted by Gasteiger charge is -2.08. The van der Waals surface area contributed by atoms with Gasteiger partial charge in [0.1, 0.15) is 0 Å². The first kappa shape index (κ1) is 11.6. The Morgan fingerprint density at radius 1 is 1.29 bits per heavy atom. The predicted molar refractivity (Wildman–Crippen MR) is 64.1 cm³/mol. The van der Waals surface area contributed by atoms with Crippen molar-refractivity contribution in [2.45, 2.75) is 45.4 Å². The Kier molecular flexibility index (Phi) is 4.47. The molecule has 0 saturated heterocycles. The van der Waals surface area contributed by atoms with Crippen LogP contribution >= 0.6 is 11.6 Å². The van der Waals surface area contributed by atoms with Gasteiger partial charge in [-0.2, -0.15) is 0 Å². The lowest BCUT2D eigenvalue weighted by molar-refractivity contribution is 1.07. The van der Waals surface area contributed by atoms with Crippen molar-refractivity contribution in [3.8, 4) is 0 Å². The summed E-state index contributed by atoms with van der Waals surface area (Å²) in [7, 11) is 0. The summed E-state index contributed by atoms with van der Waals surface area (Å²) in [6.45, 7) is 6.14. The number of hydrogen-bond acceptors (Lipinski definition) is 0. The molecule has 0 aromatic heterocycles. The Hall–Kier alpha value is -0.490. The van der Waals surface area contributed by atoms with Gasteiger partial charge in [-0.3, -0.25) is 0 Å². The monoisotopic (exact) mass is 210 g/mol. The van der Waals surface area contributed by atoms with Gasteiger partial charge in [0.25, 0.3) is 0 Å². The Bertz CT molecular complexity index is 287. The number of hydrogen-bond donors (Lipinski definition) is 0. The highest BCUT2D eigenvalue weighted by Gasteiger charge is 2.25. The second-order valence-electron chi connectivity index (χ2n) is 3.55. The van der Waals surface area contributed by atoms with E-state index < -0.39 is 0 Å². The van der Waals surface area contributed by atoms with Crippen LogP contribution in [0, 0.1) is 6.92 Å². The number of halogens is 1. The van der Waals surface area contributed by atoms with Gasteiger partial charge in [-0.05, 0) is 42.4 Å². The molecule has 0 N–H and O–H groups in total. The molecule has 1 saturated carbocycles. The number of benzene rings is 1. The van der Waals surface area contributed by atoms with E-state index in [1.165, 1.54) is 29.5 Å². The Labute approximate surface area is 92.3 Å². The van der Waals surface area contributed by atoms with E-state index >= 15 is 0 Å². The summed E-state index contributed by atoms with van der Waals surface area (Å²) < 4.78 is 0. The Balaban J connectivity index is 0.000000461. The van der Waals surface area contributed by atoms with Gasteiger partial charge < -0.3 is 0 Å². The minimum absolute atomic E-state index is 0.665. The van der Waals surface area contributed by atoms with Crippen molar-refractivity contribution >= 4 is 11.6 Å². The van der Waals surface area contributed by atoms with Gasteiger partial charge in [0.2, 0.25) is 0 Å². The molecule has 0 radical (unpaired) electrons. The maximum Gasteiger partial charge on any atom is 0.0479 e. The van der Waals surface area contributed by atoms with Gasteiger partial charge in [0.15, 0.2) is 0 Å². The molecule has 0 nitrogen and oxygen atoms in total. The van der Waals surface area contributed by atoms with Crippen LogP contribution in [0.1, 0.15) is 49.3 Å². The molecule has 1 aliphatic carbocycles. The molecular weight excluding hydrogens is 192 g/mol. The molecule has 1 fully saturated rings. The van der Waals surface area contributed by atoms with Crippen LogP contribution in [0.3, 0.4) is 0 Å². The SMILES string of the molecule is CC.Cc1cccc(C2CC2)c1CCl. The molecule has 1 aliphatic rings. The van der Waals surface area contributed by atoms with E-state index in [2.05, 4.69) is 25.1 Å². The van der Waals surface area contributed by atoms with E-state index in [4.69, 9.17) is 11.6 Å². The lowest BCUT2D eigenvalue weighted by atomic mass is 10.00. The number of aryl methyl sites for hydroxylation is 1. The first-order valence-electron chi connectivity index (χ1n) is 5.47. The van der Waals surface area contributed by atoms with Gasteiger partial charge >= 0.3 is 0 Å². The van der Waals surface area contributed by atoms with Gasteiger partial charge in [-0.25, -0.2) is 0 Å². The van der Waals surface area contributed by atoms with Crippen LogP contribution in [-0.4, -0.2) is 0 Å². The first-order chi connectivity index (χ1) is 6.83. The molecule has 78 valence electrons. The Morgan fingerprint density at radius 3 is 2.43 bits per heavy atom. The predicted octanol–water partition coefficient (Wildman–Crippen LogP) is 4.64. The van der Waals surface area contributed by atoms with E-state index in [1.807, 2.05) is 13.8 Å². The maximum absolute atomic E-state index is 5.91. The third-order valence-electron chi connectivity index (χ3n) is 2.60. The topological polar surface area (TPSA) is 0 Å². The summed E-state index contributed by atoms with van der Waals surface area (Å²) in [5.41, 5.74) is 4.20. The molecule has 0 unspecified atom stereocenters. The summed E-state index contributed by atoms with van der Waals surface area (Å²) in [6.07, 6.45) is 2.71. The van der Waals surface area contributed by atoms with Crippen molar-refractivity contribution in [2.24, 2.45) is 0 Å². The van der Waals surface area contributed by atoms with Crippen LogP contribution in [0.4, 0.5) is 0 Å². The van der Waals surface area contributed by atoms with E-state index in [1.54, 1.807) is 0 Å². The zero-order valence-corrected chi connectivity index (χ0v) is 10.1. The van der Waals surface area contributed by atoms with Crippen LogP contribution < -0.4 is 0 Å². The molecule has 2 rings (SSSR count). The fourth-order valence-electron chi connectivity index (χ4n) is 1.68. The van der Waals surface area contributed by atoms with Crippen molar-refractivity contribution in [1.29, 1.82) is 0 Å². The van der Waals surface area contributed by atoms with E-state index in [0.29, 0.717) is 5.88 Å². The normalized spacial score (nSPS) is 14.6. The van der Waals surface area contributed by atoms with Crippen LogP contribution in [0.5, 0.6) is 0 Å². The van der Waals surface area contributed by atoms with E-state index in [0.717, 1.165) is 5.92 Å². The van der Waals surface area contributed by atoms with Gasteiger partial charge in [-0.15, -0.1) is 11.6 Å². The molecule has 0 heterocycles. The van der Waals surface area contributed by atoms with E-state index in [9.17, 15) is 0 Å². The second-order valence-corrected chi connectivity index (χ2v) is 3.82. The molecule has 0 aliphatic heterocycles. The quantitative estimate of drug-likeness (QED) is 0.624. The molecule has 0 atom stereocenters. The fourth-order valence-corrected chi connectivity index (χ4v) is 2.05. The van der Waals surface area contributed by atoms with Crippen LogP contribution in [-0.2, 0) is 5.88 Å². The molecule has 0 amide bonds. The minimum Gasteiger partial charge on any atom is -0.122 e. The number of rotatable bonds is 2. The zero-order valence-electron chi connectivity index (χ0n) is 9.31. The van der Waals surface area contributed by atoms with Gasteiger partial charge in [0.05, 0.1) is 0 Å². The van der Waals surface area contributed by atoms with Crippen LogP contribution in [0.15, 0.2) is 18.2 Å². The van der Waals surface area contributed by atoms with Crippen molar-refractivity contribution in [3.63, 3.8) is 0 Å². The highest BCUT2D eigenvalue weighted by molar-refractivity contribution is 6.17. The highest BCUT2D eigenvalue weighted by atomic mass is 35.5. The molecule has 1 heteroatoms. The van der Waals surface area contributed by atoms with Crippen molar-refractivity contribution in [1.82, 2.24) is 0 Å². The zero-order chi connectivity index (χ0) is 10.6. The smallest absolute Gasteiger partial charge is 0.0479 e. The van der Waals surface area contributed by atoms with Crippen molar-refractivity contribution < 1.29 is 0 Å². The standard InChI is InChI=1S/C11H13Cl.C2H6/c1-8-3-2-4-10(9-5-6-9)11(8)7-12;1-2/h2-4,9H,5-7H2,1H3;1-2H3. The fraction of sp³-hybridized carbons (Fsp3) is 0.538. The van der Waals surface area contributed by atoms with Crippen LogP contribution in [0.2, 0.25) is 0 Å². The van der Waals surface area contributed by atoms with Gasteiger partial charge in [0, 0.05) is 5.88 Å².